The van der Waals surface area contributed by atoms with E-state index in [4.69, 9.17) is 0 Å². The molecule has 1 unspecified atom stereocenters. The molecule has 166 valence electrons. The van der Waals surface area contributed by atoms with Gasteiger partial charge in [0, 0.05) is 37.8 Å². The van der Waals surface area contributed by atoms with Crippen molar-refractivity contribution in [2.45, 2.75) is 32.9 Å². The monoisotopic (exact) mass is 429 g/mol. The van der Waals surface area contributed by atoms with Crippen LogP contribution < -0.4 is 20.9 Å². The van der Waals surface area contributed by atoms with E-state index in [-0.39, 0.29) is 17.6 Å². The second-order valence-corrected chi connectivity index (χ2v) is 7.40. The van der Waals surface area contributed by atoms with Crippen LogP contribution in [-0.2, 0) is 6.54 Å². The largest absolute Gasteiger partial charge is 0.365 e. The number of halogens is 2. The minimum atomic E-state index is -0.544. The number of hydrogen-bond donors (Lipinski definition) is 3. The fourth-order valence-electron chi connectivity index (χ4n) is 3.58. The van der Waals surface area contributed by atoms with Gasteiger partial charge >= 0.3 is 0 Å². The van der Waals surface area contributed by atoms with Crippen molar-refractivity contribution in [3.63, 3.8) is 0 Å². The molecule has 3 rings (SSSR count). The Hall–Kier alpha value is -3.16. The molecule has 2 aromatic carbocycles. The maximum atomic E-state index is 14.1. The first-order valence-electron chi connectivity index (χ1n) is 10.6. The first kappa shape index (κ1) is 22.5. The molecule has 6 nitrogen and oxygen atoms in total. The Morgan fingerprint density at radius 3 is 2.39 bits per heavy atom. The van der Waals surface area contributed by atoms with Crippen molar-refractivity contribution in [1.82, 2.24) is 16.0 Å². The van der Waals surface area contributed by atoms with Gasteiger partial charge in [-0.15, -0.1) is 0 Å². The molecule has 0 aromatic heterocycles. The van der Waals surface area contributed by atoms with Crippen LogP contribution in [0.25, 0.3) is 0 Å². The maximum Gasteiger partial charge on any atom is 0.251 e. The summed E-state index contributed by atoms with van der Waals surface area (Å²) in [4.78, 5) is 18.2. The van der Waals surface area contributed by atoms with E-state index >= 15 is 0 Å². The Kier molecular flexibility index (Phi) is 7.81. The predicted molar refractivity (Wildman–Crippen MR) is 119 cm³/mol. The highest BCUT2D eigenvalue weighted by Gasteiger charge is 2.27. The normalized spacial score (nSPS) is 16.3. The number of benzene rings is 2. The fourth-order valence-corrected chi connectivity index (χ4v) is 3.58. The van der Waals surface area contributed by atoms with E-state index in [2.05, 4.69) is 20.9 Å². The summed E-state index contributed by atoms with van der Waals surface area (Å²) in [6, 6.07) is 11.3. The van der Waals surface area contributed by atoms with Crippen molar-refractivity contribution in [2.24, 2.45) is 4.99 Å². The zero-order valence-electron chi connectivity index (χ0n) is 17.9. The van der Waals surface area contributed by atoms with Gasteiger partial charge < -0.3 is 20.9 Å². The minimum Gasteiger partial charge on any atom is -0.365 e. The number of guanidine groups is 1. The van der Waals surface area contributed by atoms with Crippen molar-refractivity contribution >= 4 is 17.6 Å². The second-order valence-electron chi connectivity index (χ2n) is 7.40. The van der Waals surface area contributed by atoms with Crippen LogP contribution in [0.15, 0.2) is 47.5 Å². The molecule has 0 spiro atoms. The van der Waals surface area contributed by atoms with Crippen molar-refractivity contribution in [1.29, 1.82) is 0 Å². The summed E-state index contributed by atoms with van der Waals surface area (Å²) in [5, 5.41) is 9.35. The lowest BCUT2D eigenvalue weighted by atomic mass is 10.1. The zero-order valence-corrected chi connectivity index (χ0v) is 17.9. The third-order valence-corrected chi connectivity index (χ3v) is 5.10. The molecule has 1 aliphatic rings. The van der Waals surface area contributed by atoms with Crippen molar-refractivity contribution in [2.75, 3.05) is 31.1 Å². The van der Waals surface area contributed by atoms with E-state index in [1.807, 2.05) is 26.0 Å². The summed E-state index contributed by atoms with van der Waals surface area (Å²) >= 11 is 0. The topological polar surface area (TPSA) is 68.8 Å². The molecule has 1 amide bonds. The minimum absolute atomic E-state index is 0.0249. The van der Waals surface area contributed by atoms with Crippen LogP contribution in [0.2, 0.25) is 0 Å². The van der Waals surface area contributed by atoms with E-state index in [1.54, 1.807) is 17.0 Å². The number of hydrogen-bond acceptors (Lipinski definition) is 3. The molecular weight excluding hydrogens is 400 g/mol. The third kappa shape index (κ3) is 5.93. The molecule has 0 aliphatic carbocycles. The fraction of sp³-hybridized carbons (Fsp3) is 0.391. The van der Waals surface area contributed by atoms with Gasteiger partial charge in [0.05, 0.1) is 6.54 Å². The van der Waals surface area contributed by atoms with E-state index < -0.39 is 11.6 Å². The van der Waals surface area contributed by atoms with Gasteiger partial charge in [-0.25, -0.2) is 13.8 Å². The smallest absolute Gasteiger partial charge is 0.251 e. The van der Waals surface area contributed by atoms with E-state index in [0.717, 1.165) is 12.0 Å². The number of carbonyl (C=O) groups is 1. The first-order valence-corrected chi connectivity index (χ1v) is 10.6. The number of nitrogens with zero attached hydrogens (tertiary/aromatic N) is 2. The van der Waals surface area contributed by atoms with Crippen LogP contribution in [0.5, 0.6) is 0 Å². The summed E-state index contributed by atoms with van der Waals surface area (Å²) in [5.74, 6) is -0.532. The number of anilines is 1. The van der Waals surface area contributed by atoms with Gasteiger partial charge in [0.15, 0.2) is 5.96 Å². The molecule has 1 aliphatic heterocycles. The molecule has 1 fully saturated rings. The van der Waals surface area contributed by atoms with Gasteiger partial charge in [-0.3, -0.25) is 4.79 Å². The van der Waals surface area contributed by atoms with Crippen LogP contribution in [-0.4, -0.2) is 44.1 Å². The highest BCUT2D eigenvalue weighted by Crippen LogP contribution is 2.26. The van der Waals surface area contributed by atoms with Gasteiger partial charge in [-0.2, -0.15) is 0 Å². The van der Waals surface area contributed by atoms with Crippen LogP contribution in [0, 0.1) is 11.6 Å². The van der Waals surface area contributed by atoms with Gasteiger partial charge in [0.1, 0.15) is 17.3 Å². The highest BCUT2D eigenvalue weighted by atomic mass is 19.1. The van der Waals surface area contributed by atoms with Gasteiger partial charge in [-0.1, -0.05) is 18.2 Å². The van der Waals surface area contributed by atoms with Gasteiger partial charge in [0.25, 0.3) is 5.91 Å². The molecule has 0 bridgehead atoms. The number of para-hydroxylation sites is 1. The Morgan fingerprint density at radius 1 is 1.06 bits per heavy atom. The van der Waals surface area contributed by atoms with Crippen LogP contribution >= 0.6 is 0 Å². The summed E-state index contributed by atoms with van der Waals surface area (Å²) in [5.41, 5.74) is 1.62. The van der Waals surface area contributed by atoms with E-state index in [0.29, 0.717) is 44.2 Å². The lowest BCUT2D eigenvalue weighted by molar-refractivity contribution is 0.0956. The molecular formula is C23H29F2N5O. The summed E-state index contributed by atoms with van der Waals surface area (Å²) in [6.07, 6.45) is 0.749. The lowest BCUT2D eigenvalue weighted by Gasteiger charge is -2.21. The highest BCUT2D eigenvalue weighted by molar-refractivity contribution is 5.94. The van der Waals surface area contributed by atoms with Gasteiger partial charge in [0.2, 0.25) is 0 Å². The summed E-state index contributed by atoms with van der Waals surface area (Å²) in [7, 11) is 0. The van der Waals surface area contributed by atoms with Crippen molar-refractivity contribution < 1.29 is 13.6 Å². The Labute approximate surface area is 181 Å². The number of amides is 1. The van der Waals surface area contributed by atoms with Crippen molar-refractivity contribution in [3.8, 4) is 0 Å². The SMILES string of the molecule is CCNC(=O)c1ccc(CN=C(NCC)NC2CCN(c3c(F)cccc3F)C2)cc1. The molecule has 1 saturated heterocycles. The molecule has 3 N–H and O–H groups in total. The molecule has 0 radical (unpaired) electrons. The lowest BCUT2D eigenvalue weighted by Crippen LogP contribution is -2.44. The average Bonchev–Trinajstić information content (AvgIpc) is 3.20. The van der Waals surface area contributed by atoms with Crippen molar-refractivity contribution in [3.05, 3.63) is 65.2 Å². The molecule has 1 atom stereocenters. The maximum absolute atomic E-state index is 14.1. The second kappa shape index (κ2) is 10.7. The molecule has 0 saturated carbocycles. The first-order chi connectivity index (χ1) is 15.0. The zero-order chi connectivity index (χ0) is 22.2. The Balaban J connectivity index is 1.61. The van der Waals surface area contributed by atoms with Gasteiger partial charge in [-0.05, 0) is 50.1 Å². The van der Waals surface area contributed by atoms with Crippen LogP contribution in [0.3, 0.4) is 0 Å². The standard InChI is InChI=1S/C23H29F2N5O/c1-3-26-22(31)17-10-8-16(9-11-17)14-28-23(27-4-2)29-18-12-13-30(15-18)21-19(24)6-5-7-20(21)25/h5-11,18H,3-4,12-15H2,1-2H3,(H,26,31)(H2,27,28,29). The van der Waals surface area contributed by atoms with Crippen LogP contribution in [0.4, 0.5) is 14.5 Å². The van der Waals surface area contributed by atoms with E-state index in [9.17, 15) is 13.6 Å². The average molecular weight is 430 g/mol. The quantitative estimate of drug-likeness (QED) is 0.468. The summed E-state index contributed by atoms with van der Waals surface area (Å²) in [6.45, 7) is 6.65. The number of carbonyl (C=O) groups excluding carboxylic acids is 1. The Morgan fingerprint density at radius 2 is 1.74 bits per heavy atom. The molecule has 1 heterocycles. The number of nitrogens with one attached hydrogen (secondary N) is 3. The Bertz CT molecular complexity index is 896. The van der Waals surface area contributed by atoms with E-state index in [1.165, 1.54) is 18.2 Å². The molecule has 2 aromatic rings. The van der Waals surface area contributed by atoms with Crippen LogP contribution in [0.1, 0.15) is 36.2 Å². The number of rotatable bonds is 7. The number of aliphatic imine (C=N–C) groups is 1. The third-order valence-electron chi connectivity index (χ3n) is 5.10. The molecule has 8 heteroatoms. The predicted octanol–water partition coefficient (Wildman–Crippen LogP) is 3.05. The summed E-state index contributed by atoms with van der Waals surface area (Å²) < 4.78 is 28.2. The molecule has 31 heavy (non-hydrogen) atoms.